The van der Waals surface area contributed by atoms with Gasteiger partial charge in [0.05, 0.1) is 15.9 Å². The summed E-state index contributed by atoms with van der Waals surface area (Å²) in [4.78, 5) is 19.3. The van der Waals surface area contributed by atoms with Gasteiger partial charge in [-0.1, -0.05) is 0 Å². The van der Waals surface area contributed by atoms with E-state index in [0.717, 1.165) is 12.1 Å². The van der Waals surface area contributed by atoms with E-state index in [-0.39, 0.29) is 11.4 Å². The predicted molar refractivity (Wildman–Crippen MR) is 47.6 cm³/mol. The monoisotopic (exact) mass is 200 g/mol. The number of hydrogen-bond donors (Lipinski definition) is 2. The molecule has 74 valence electrons. The smallest absolute Gasteiger partial charge is 0.300 e. The third-order valence-electron chi connectivity index (χ3n) is 1.54. The second-order valence-electron chi connectivity index (χ2n) is 2.36. The molecule has 0 aliphatic heterocycles. The van der Waals surface area contributed by atoms with Crippen LogP contribution in [0.1, 0.15) is 0 Å². The molecule has 0 aromatic heterocycles. The summed E-state index contributed by atoms with van der Waals surface area (Å²) in [6.07, 6.45) is 0. The fourth-order valence-corrected chi connectivity index (χ4v) is 0.907. The van der Waals surface area contributed by atoms with Crippen LogP contribution in [0.5, 0.6) is 0 Å². The van der Waals surface area contributed by atoms with Crippen molar-refractivity contribution in [1.29, 1.82) is 0 Å². The van der Waals surface area contributed by atoms with Gasteiger partial charge >= 0.3 is 5.69 Å². The highest BCUT2D eigenvalue weighted by atomic mass is 16.6. The van der Waals surface area contributed by atoms with Crippen molar-refractivity contribution in [3.63, 3.8) is 0 Å². The van der Waals surface area contributed by atoms with Gasteiger partial charge < -0.3 is 5.43 Å². The molecule has 0 fully saturated rings. The van der Waals surface area contributed by atoms with E-state index in [1.54, 1.807) is 0 Å². The van der Waals surface area contributed by atoms with Crippen molar-refractivity contribution < 1.29 is 9.85 Å². The molecule has 0 aliphatic rings. The van der Waals surface area contributed by atoms with E-state index < -0.39 is 15.5 Å². The number of nitro benzene ring substituents is 2. The van der Waals surface area contributed by atoms with Gasteiger partial charge in [0.1, 0.15) is 5.69 Å². The number of benzene rings is 1. The van der Waals surface area contributed by atoms with E-state index in [4.69, 9.17) is 5.84 Å². The number of hydrogen-bond acceptors (Lipinski definition) is 6. The topological polar surface area (TPSA) is 124 Å². The predicted octanol–water partition coefficient (Wildman–Crippen LogP) is 0.789. The zero-order valence-corrected chi connectivity index (χ0v) is 6.84. The SMILES string of the molecule is [15NH2][15NH]c1ccc([N+](=O)[O-])cc1[N+](=O)[O-]. The van der Waals surface area contributed by atoms with E-state index in [1.807, 2.05) is 0 Å². The maximum absolute atomic E-state index is 10.4. The van der Waals surface area contributed by atoms with Gasteiger partial charge in [-0.2, -0.15) is 0 Å². The molecule has 8 heteroatoms. The summed E-state index contributed by atoms with van der Waals surface area (Å²) in [6, 6.07) is 3.15. The van der Waals surface area contributed by atoms with Crippen LogP contribution in [0, 0.1) is 20.2 Å². The Morgan fingerprint density at radius 3 is 2.29 bits per heavy atom. The minimum absolute atomic E-state index is 0.0283. The van der Waals surface area contributed by atoms with Crippen molar-refractivity contribution in [3.05, 3.63) is 38.4 Å². The second kappa shape index (κ2) is 3.66. The number of anilines is 1. The zero-order chi connectivity index (χ0) is 10.7. The fourth-order valence-electron chi connectivity index (χ4n) is 0.907. The summed E-state index contributed by atoms with van der Waals surface area (Å²) in [7, 11) is 0. The van der Waals surface area contributed by atoms with E-state index in [9.17, 15) is 20.2 Å². The lowest BCUT2D eigenvalue weighted by atomic mass is 10.2. The van der Waals surface area contributed by atoms with Crippen LogP contribution in [0.4, 0.5) is 17.1 Å². The maximum atomic E-state index is 10.4. The molecule has 0 atom stereocenters. The minimum atomic E-state index is -0.748. The number of nitrogens with zero attached hydrogens (tertiary/aromatic N) is 2. The molecule has 1 aromatic carbocycles. The summed E-state index contributed by atoms with van der Waals surface area (Å²) in [5.41, 5.74) is 1.33. The van der Waals surface area contributed by atoms with Crippen molar-refractivity contribution in [2.24, 2.45) is 5.84 Å². The van der Waals surface area contributed by atoms with Gasteiger partial charge in [-0.15, -0.1) is 0 Å². The first-order chi connectivity index (χ1) is 6.56. The minimum Gasteiger partial charge on any atom is -0.318 e. The summed E-state index contributed by atoms with van der Waals surface area (Å²) in [5.74, 6) is 4.99. The van der Waals surface area contributed by atoms with Crippen molar-refractivity contribution in [1.82, 2.24) is 0 Å². The van der Waals surface area contributed by atoms with E-state index in [2.05, 4.69) is 5.43 Å². The van der Waals surface area contributed by atoms with E-state index in [0.29, 0.717) is 0 Å². The Morgan fingerprint density at radius 1 is 1.21 bits per heavy atom. The summed E-state index contributed by atoms with van der Waals surface area (Å²) < 4.78 is 0. The van der Waals surface area contributed by atoms with Crippen LogP contribution in [0.25, 0.3) is 0 Å². The van der Waals surface area contributed by atoms with Crippen LogP contribution in [0.3, 0.4) is 0 Å². The highest BCUT2D eigenvalue weighted by molar-refractivity contribution is 5.64. The second-order valence-corrected chi connectivity index (χ2v) is 2.36. The number of rotatable bonds is 3. The first kappa shape index (κ1) is 9.86. The molecule has 0 saturated carbocycles. The number of nitro groups is 2. The lowest BCUT2D eigenvalue weighted by molar-refractivity contribution is -0.393. The van der Waals surface area contributed by atoms with Crippen LogP contribution >= 0.6 is 0 Å². The molecule has 0 spiro atoms. The van der Waals surface area contributed by atoms with Gasteiger partial charge in [0.25, 0.3) is 5.69 Å². The van der Waals surface area contributed by atoms with Gasteiger partial charge in [0.2, 0.25) is 0 Å². The van der Waals surface area contributed by atoms with E-state index in [1.165, 1.54) is 6.07 Å². The van der Waals surface area contributed by atoms with Crippen LogP contribution in [-0.2, 0) is 0 Å². The molecule has 0 unspecified atom stereocenters. The summed E-state index contributed by atoms with van der Waals surface area (Å²) >= 11 is 0. The maximum Gasteiger partial charge on any atom is 0.300 e. The standard InChI is InChI=1S/C6H6N4O4/c7-8-5-2-1-4(9(11)12)3-6(5)10(13)14/h1-3,8H,7H2/i7+1,8+1. The lowest BCUT2D eigenvalue weighted by Crippen LogP contribution is -2.09. The Balaban J connectivity index is 3.27. The lowest BCUT2D eigenvalue weighted by Gasteiger charge is -2.00. The van der Waals surface area contributed by atoms with Crippen molar-refractivity contribution in [3.8, 4) is 0 Å². The van der Waals surface area contributed by atoms with Gasteiger partial charge in [0.15, 0.2) is 0 Å². The summed E-state index contributed by atoms with van der Waals surface area (Å²) in [6.45, 7) is 0. The molecule has 0 radical (unpaired) electrons. The Kier molecular flexibility index (Phi) is 2.58. The summed E-state index contributed by atoms with van der Waals surface area (Å²) in [5, 5.41) is 20.7. The molecular weight excluding hydrogens is 194 g/mol. The van der Waals surface area contributed by atoms with Gasteiger partial charge in [0, 0.05) is 6.07 Å². The van der Waals surface area contributed by atoms with Crippen LogP contribution in [0.2, 0.25) is 0 Å². The number of nitrogens with one attached hydrogen (secondary N) is 1. The number of hydrazine groups is 1. The van der Waals surface area contributed by atoms with Crippen molar-refractivity contribution in [2.75, 3.05) is 5.43 Å². The van der Waals surface area contributed by atoms with Crippen molar-refractivity contribution in [2.45, 2.75) is 0 Å². The third kappa shape index (κ3) is 1.75. The molecule has 0 heterocycles. The molecule has 0 saturated heterocycles. The van der Waals surface area contributed by atoms with E-state index >= 15 is 0 Å². The third-order valence-corrected chi connectivity index (χ3v) is 1.54. The molecule has 1 rings (SSSR count). The Hall–Kier alpha value is -2.22. The highest BCUT2D eigenvalue weighted by Gasteiger charge is 2.18. The average Bonchev–Trinajstić information content (AvgIpc) is 2.16. The first-order valence-electron chi connectivity index (χ1n) is 3.45. The molecule has 0 bridgehead atoms. The fraction of sp³-hybridized carbons (Fsp3) is 0. The molecule has 1 aromatic rings. The molecule has 0 amide bonds. The normalized spacial score (nSPS) is 9.50. The van der Waals surface area contributed by atoms with Crippen molar-refractivity contribution >= 4 is 17.1 Å². The number of nitrogen functional groups attached to an aromatic ring is 1. The molecule has 3 N–H and O–H groups in total. The van der Waals surface area contributed by atoms with Crippen LogP contribution in [-0.4, -0.2) is 9.85 Å². The molecule has 14 heavy (non-hydrogen) atoms. The quantitative estimate of drug-likeness (QED) is 0.321. The first-order valence-corrected chi connectivity index (χ1v) is 3.45. The number of nitrogens with two attached hydrogens (primary N) is 1. The number of non-ortho nitro benzene ring substituents is 1. The van der Waals surface area contributed by atoms with Gasteiger partial charge in [-0.05, 0) is 6.07 Å². The average molecular weight is 200 g/mol. The van der Waals surface area contributed by atoms with Crippen LogP contribution < -0.4 is 11.3 Å². The molecule has 0 aliphatic carbocycles. The molecule has 8 nitrogen and oxygen atoms in total. The Labute approximate surface area is 77.6 Å². The zero-order valence-electron chi connectivity index (χ0n) is 6.84. The van der Waals surface area contributed by atoms with Crippen LogP contribution in [0.15, 0.2) is 18.2 Å². The highest BCUT2D eigenvalue weighted by Crippen LogP contribution is 2.27. The largest absolute Gasteiger partial charge is 0.318 e. The Bertz CT molecular complexity index is 391. The molecular formula is C6H6N4O4. The van der Waals surface area contributed by atoms with Gasteiger partial charge in [-0.25, -0.2) is 0 Å². The Morgan fingerprint density at radius 2 is 1.86 bits per heavy atom. The van der Waals surface area contributed by atoms with Gasteiger partial charge in [-0.3, -0.25) is 26.1 Å².